The third-order valence-corrected chi connectivity index (χ3v) is 18.1. The molecule has 2 N–H and O–H groups in total. The largest absolute Gasteiger partial charge is 0.464 e. The van der Waals surface area contributed by atoms with Crippen molar-refractivity contribution in [1.29, 1.82) is 0 Å². The highest BCUT2D eigenvalue weighted by atomic mass is 32.1. The van der Waals surface area contributed by atoms with Crippen molar-refractivity contribution in [2.24, 2.45) is 21.8 Å². The van der Waals surface area contributed by atoms with Crippen LogP contribution in [0.25, 0.3) is 33.3 Å². The molecule has 16 nitrogen and oxygen atoms in total. The maximum absolute atomic E-state index is 17.1. The summed E-state index contributed by atoms with van der Waals surface area (Å²) in [4.78, 5) is 70.0. The number of likely N-dealkylation sites (tertiary alicyclic amines) is 2. The quantitative estimate of drug-likeness (QED) is 0.140. The van der Waals surface area contributed by atoms with Crippen molar-refractivity contribution < 1.29 is 47.3 Å². The van der Waals surface area contributed by atoms with Gasteiger partial charge in [0.05, 0.1) is 59.2 Å². The number of nitrogens with zero attached hydrogens (tertiary/aromatic N) is 5. The van der Waals surface area contributed by atoms with Gasteiger partial charge in [0.15, 0.2) is 0 Å². The lowest BCUT2D eigenvalue weighted by atomic mass is 9.82. The fourth-order valence-corrected chi connectivity index (χ4v) is 14.1. The molecule has 77 heavy (non-hydrogen) atoms. The van der Waals surface area contributed by atoms with E-state index in [2.05, 4.69) is 58.5 Å². The highest BCUT2D eigenvalue weighted by Gasteiger charge is 2.46. The average molecular weight is 1070 g/mol. The van der Waals surface area contributed by atoms with E-state index < -0.39 is 47.5 Å². The van der Waals surface area contributed by atoms with Gasteiger partial charge in [-0.3, -0.25) is 24.1 Å². The number of nitrogens with one attached hydrogen (secondary N) is 2. The summed E-state index contributed by atoms with van der Waals surface area (Å²) in [5.41, 5.74) is 6.37. The second kappa shape index (κ2) is 21.1. The normalized spacial score (nSPS) is 25.2. The average Bonchev–Trinajstić information content (AvgIpc) is 4.35. The summed E-state index contributed by atoms with van der Waals surface area (Å²) in [5, 5.41) is 6.67. The van der Waals surface area contributed by atoms with Crippen LogP contribution in [0.3, 0.4) is 0 Å². The number of alkyl carbamates (subject to hydrolysis) is 2. The molecule has 408 valence electrons. The summed E-state index contributed by atoms with van der Waals surface area (Å²) in [5.74, 6) is -0.497. The van der Waals surface area contributed by atoms with Crippen molar-refractivity contribution in [3.05, 3.63) is 87.6 Å². The Balaban J connectivity index is 0.833. The number of amides is 4. The third kappa shape index (κ3) is 10.3. The van der Waals surface area contributed by atoms with Crippen LogP contribution in [0.15, 0.2) is 70.9 Å². The molecular weight excluding hydrogens is 1000 g/mol. The van der Waals surface area contributed by atoms with Crippen LogP contribution in [0.4, 0.5) is 14.0 Å². The molecule has 2 aromatic heterocycles. The number of fused-ring (bicyclic) bond motifs is 5. The molecule has 0 aliphatic carbocycles. The number of aliphatic imine (C=N–C) groups is 2. The van der Waals surface area contributed by atoms with Crippen LogP contribution in [-0.4, -0.2) is 126 Å². The first kappa shape index (κ1) is 52.7. The van der Waals surface area contributed by atoms with Gasteiger partial charge in [-0.1, -0.05) is 13.0 Å². The van der Waals surface area contributed by atoms with Gasteiger partial charge in [0.2, 0.25) is 18.0 Å². The lowest BCUT2D eigenvalue weighted by molar-refractivity contribution is -0.139. The van der Waals surface area contributed by atoms with Crippen molar-refractivity contribution in [3.63, 3.8) is 0 Å². The van der Waals surface area contributed by atoms with Crippen molar-refractivity contribution in [1.82, 2.24) is 25.0 Å². The maximum atomic E-state index is 17.1. The Morgan fingerprint density at radius 3 is 1.86 bits per heavy atom. The maximum Gasteiger partial charge on any atom is 0.407 e. The second-order valence-electron chi connectivity index (χ2n) is 22.9. The number of aromatic nitrogens is 1. The Morgan fingerprint density at radius 1 is 0.753 bits per heavy atom. The highest BCUT2D eigenvalue weighted by Crippen LogP contribution is 2.49. The number of rotatable bonds is 12. The smallest absolute Gasteiger partial charge is 0.407 e. The molecule has 7 aliphatic rings. The molecule has 18 heteroatoms. The van der Waals surface area contributed by atoms with Gasteiger partial charge in [-0.25, -0.2) is 14.0 Å². The summed E-state index contributed by atoms with van der Waals surface area (Å²) in [7, 11) is 2.61. The van der Waals surface area contributed by atoms with E-state index in [1.165, 1.54) is 19.1 Å². The molecule has 7 atom stereocenters. The van der Waals surface area contributed by atoms with E-state index in [-0.39, 0.29) is 35.7 Å². The molecule has 9 heterocycles. The molecule has 7 aliphatic heterocycles. The fourth-order valence-electron chi connectivity index (χ4n) is 13.1. The summed E-state index contributed by atoms with van der Waals surface area (Å²) in [6.07, 6.45) is 9.36. The topological polar surface area (TPSA) is 175 Å². The van der Waals surface area contributed by atoms with Crippen molar-refractivity contribution >= 4 is 68.8 Å². The lowest BCUT2D eigenvalue weighted by Gasteiger charge is -2.40. The number of halogens is 1. The van der Waals surface area contributed by atoms with E-state index in [9.17, 15) is 19.2 Å². The number of hydrogen-bond donors (Lipinski definition) is 2. The Kier molecular flexibility index (Phi) is 14.4. The number of methoxy groups -OCH3 is 2. The van der Waals surface area contributed by atoms with Crippen LogP contribution >= 0.6 is 11.3 Å². The number of ether oxygens (including phenoxy) is 5. The van der Waals surface area contributed by atoms with Gasteiger partial charge in [-0.15, -0.1) is 11.3 Å². The summed E-state index contributed by atoms with van der Waals surface area (Å²) >= 11 is 1.68. The zero-order valence-electron chi connectivity index (χ0n) is 45.1. The number of allylic oxidation sites excluding steroid dienone is 2. The first-order valence-corrected chi connectivity index (χ1v) is 28.2. The molecule has 0 saturated carbocycles. The predicted octanol–water partition coefficient (Wildman–Crippen LogP) is 10.2. The van der Waals surface area contributed by atoms with Crippen LogP contribution in [0, 0.1) is 17.7 Å². The molecule has 0 radical (unpaired) electrons. The van der Waals surface area contributed by atoms with E-state index in [0.29, 0.717) is 87.4 Å². The molecule has 11 rings (SSSR count). The molecule has 4 saturated heterocycles. The minimum atomic E-state index is -0.776. The first-order chi connectivity index (χ1) is 37.0. The predicted molar refractivity (Wildman–Crippen MR) is 293 cm³/mol. The Labute approximate surface area is 453 Å². The van der Waals surface area contributed by atoms with Gasteiger partial charge in [-0.2, -0.15) is 0 Å². The van der Waals surface area contributed by atoms with Crippen molar-refractivity contribution in [3.8, 4) is 17.0 Å². The van der Waals surface area contributed by atoms with Crippen LogP contribution in [0.2, 0.25) is 0 Å². The third-order valence-electron chi connectivity index (χ3n) is 16.9. The van der Waals surface area contributed by atoms with E-state index in [1.54, 1.807) is 23.6 Å². The van der Waals surface area contributed by atoms with Crippen molar-refractivity contribution in [2.75, 3.05) is 40.5 Å². The lowest BCUT2D eigenvalue weighted by Crippen LogP contribution is -2.56. The zero-order chi connectivity index (χ0) is 53.9. The summed E-state index contributed by atoms with van der Waals surface area (Å²) in [6.45, 7) is 12.3. The van der Waals surface area contributed by atoms with Crippen LogP contribution < -0.4 is 15.4 Å². The van der Waals surface area contributed by atoms with Crippen LogP contribution in [-0.2, 0) is 35.0 Å². The van der Waals surface area contributed by atoms with Gasteiger partial charge < -0.3 is 44.1 Å². The number of carbonyl (C=O) groups excluding carboxylic acids is 4. The highest BCUT2D eigenvalue weighted by molar-refractivity contribution is 7.12. The molecule has 0 bridgehead atoms. The number of aryl methyl sites for hydroxylation is 1. The number of thiophene rings is 1. The van der Waals surface area contributed by atoms with E-state index in [4.69, 9.17) is 33.7 Å². The zero-order valence-corrected chi connectivity index (χ0v) is 45.9. The monoisotopic (exact) mass is 1070 g/mol. The molecular formula is C59H70FN7O9S. The van der Waals surface area contributed by atoms with Crippen LogP contribution in [0.1, 0.15) is 126 Å². The van der Waals surface area contributed by atoms with Gasteiger partial charge in [-0.05, 0) is 162 Å². The van der Waals surface area contributed by atoms with Crippen LogP contribution in [0.5, 0.6) is 5.75 Å². The number of hydrogen-bond acceptors (Lipinski definition) is 12. The van der Waals surface area contributed by atoms with Gasteiger partial charge in [0, 0.05) is 73.2 Å². The Bertz CT molecular complexity index is 3140. The minimum Gasteiger partial charge on any atom is -0.464 e. The molecule has 4 fully saturated rings. The molecule has 4 aromatic rings. The molecule has 5 unspecified atom stereocenters. The standard InChI is InChI=1S/C59H70FN7O9S/c1-8-40-14-16-49(77-40)55-67-44-15-13-33(38-25-42(61-31-38)45-11-9-19-65(45)53(68)51(63-56(70)72-6)34-17-21-74-58(2,3)29-34)23-37(44)27-47(67)50-41(60)24-36(28-48(50)76-55)39-26-43(62-32-39)46-12-10-20-66(46)54(69)52(64-57(71)73-7)35-18-22-75-59(4,5)30-35/h13-16,23-24,27-28,31-32,34-35,45-46,51-52,55H,8-12,17-22,25-26,29-30H2,1-7H3,(H,63,70)(H,64,71)/t34?,35?,45-,46-,51?,52?,55?/m0/s1. The number of benzene rings is 2. The van der Waals surface area contributed by atoms with Crippen molar-refractivity contribution in [2.45, 2.75) is 147 Å². The summed E-state index contributed by atoms with van der Waals surface area (Å²) in [6, 6.07) is 14.1. The molecule has 0 spiro atoms. The van der Waals surface area contributed by atoms with E-state index in [1.807, 2.05) is 49.8 Å². The molecule has 2 aromatic carbocycles. The van der Waals surface area contributed by atoms with E-state index in [0.717, 1.165) is 76.0 Å². The van der Waals surface area contributed by atoms with Gasteiger partial charge in [0.25, 0.3) is 0 Å². The van der Waals surface area contributed by atoms with Gasteiger partial charge >= 0.3 is 12.2 Å². The summed E-state index contributed by atoms with van der Waals surface area (Å²) < 4.78 is 48.1. The Hall–Kier alpha value is -6.37. The Morgan fingerprint density at radius 2 is 1.32 bits per heavy atom. The minimum absolute atomic E-state index is 0.109. The molecule has 4 amide bonds. The second-order valence-corrected chi connectivity index (χ2v) is 24.1. The fraction of sp³-hybridized carbons (Fsp3) is 0.525. The van der Waals surface area contributed by atoms with Gasteiger partial charge in [0.1, 0.15) is 23.7 Å². The first-order valence-electron chi connectivity index (χ1n) is 27.4. The SMILES string of the molecule is CCc1ccc(C2Oc3cc(C4=CN=C([C@@H]5CCCN5C(=O)C(NC(=O)OC)C5CCOC(C)(C)C5)C4)cc(F)c3-c3cc4cc(C5=CN=C([C@@H]6CCCN6C(=O)C(NC(=O)OC)C6CCOC(C)(C)C6)C5)ccc4n32)s1. The number of carbonyl (C=O) groups is 4. The van der Waals surface area contributed by atoms with E-state index >= 15 is 4.39 Å².